The maximum absolute atomic E-state index is 14.3. The van der Waals surface area contributed by atoms with E-state index in [0.29, 0.717) is 54.8 Å². The number of benzene rings is 1. The molecule has 2 aliphatic rings. The van der Waals surface area contributed by atoms with Crippen LogP contribution in [-0.2, 0) is 11.4 Å². The molecule has 156 valence electrons. The molecule has 0 bridgehead atoms. The van der Waals surface area contributed by atoms with E-state index in [1.165, 1.54) is 6.07 Å². The van der Waals surface area contributed by atoms with Gasteiger partial charge in [-0.3, -0.25) is 10.2 Å². The van der Waals surface area contributed by atoms with E-state index in [4.69, 9.17) is 10.2 Å². The maximum Gasteiger partial charge on any atom is 0.148 e. The first-order valence-electron chi connectivity index (χ1n) is 9.80. The lowest BCUT2D eigenvalue weighted by Gasteiger charge is -2.26. The summed E-state index contributed by atoms with van der Waals surface area (Å²) in [6, 6.07) is 4.60. The first-order valence-corrected chi connectivity index (χ1v) is 9.80. The molecule has 1 saturated heterocycles. The first-order chi connectivity index (χ1) is 14.5. The molecule has 1 aromatic carbocycles. The van der Waals surface area contributed by atoms with Gasteiger partial charge in [-0.05, 0) is 37.5 Å². The number of hydrogen-bond acceptors (Lipinski definition) is 6. The van der Waals surface area contributed by atoms with Crippen LogP contribution < -0.4 is 10.6 Å². The molecule has 8 nitrogen and oxygen atoms in total. The highest BCUT2D eigenvalue weighted by Gasteiger charge is 2.26. The zero-order valence-corrected chi connectivity index (χ0v) is 17.0. The van der Waals surface area contributed by atoms with Gasteiger partial charge in [0.25, 0.3) is 0 Å². The molecule has 0 atom stereocenters. The van der Waals surface area contributed by atoms with Gasteiger partial charge in [0.1, 0.15) is 29.0 Å². The standard InChI is InChI=1S/C21H24FN7O/c1-4-28-21-19(20(23)27(3)13-24-21)17(26-28)9-7-15-6-8-16(22)18(12-15)25-14(2)29-10-5-11-30-29/h6,8,12,23-25H,2,4-5,10-11,13H2,1,3H3. The van der Waals surface area contributed by atoms with E-state index in [-0.39, 0.29) is 5.69 Å². The highest BCUT2D eigenvalue weighted by Crippen LogP contribution is 2.25. The monoisotopic (exact) mass is 409 g/mol. The van der Waals surface area contributed by atoms with Gasteiger partial charge in [0.05, 0.1) is 24.5 Å². The van der Waals surface area contributed by atoms with Gasteiger partial charge >= 0.3 is 0 Å². The molecule has 2 aliphatic heterocycles. The number of hydroxylamine groups is 2. The van der Waals surface area contributed by atoms with Gasteiger partial charge in [0.15, 0.2) is 0 Å². The number of hydrogen-bond donors (Lipinski definition) is 3. The van der Waals surface area contributed by atoms with Gasteiger partial charge in [-0.25, -0.2) is 14.1 Å². The van der Waals surface area contributed by atoms with E-state index in [1.807, 2.05) is 14.0 Å². The Balaban J connectivity index is 1.61. The molecule has 1 fully saturated rings. The molecule has 0 saturated carbocycles. The summed E-state index contributed by atoms with van der Waals surface area (Å²) in [6.07, 6.45) is 0.905. The maximum atomic E-state index is 14.3. The van der Waals surface area contributed by atoms with E-state index in [9.17, 15) is 4.39 Å². The van der Waals surface area contributed by atoms with E-state index >= 15 is 0 Å². The van der Waals surface area contributed by atoms with Crippen molar-refractivity contribution in [3.63, 3.8) is 0 Å². The fraction of sp³-hybridized carbons (Fsp3) is 0.333. The van der Waals surface area contributed by atoms with Gasteiger partial charge in [-0.1, -0.05) is 12.5 Å². The number of anilines is 2. The predicted molar refractivity (Wildman–Crippen MR) is 113 cm³/mol. The van der Waals surface area contributed by atoms with Crippen LogP contribution in [0.1, 0.15) is 30.2 Å². The number of aryl methyl sites for hydroxylation is 1. The molecular weight excluding hydrogens is 385 g/mol. The van der Waals surface area contributed by atoms with Gasteiger partial charge in [0, 0.05) is 25.7 Å². The lowest BCUT2D eigenvalue weighted by molar-refractivity contribution is -0.0767. The van der Waals surface area contributed by atoms with Crippen molar-refractivity contribution in [2.24, 2.45) is 0 Å². The number of rotatable bonds is 4. The number of fused-ring (bicyclic) bond motifs is 1. The van der Waals surface area contributed by atoms with E-state index in [0.717, 1.165) is 12.2 Å². The molecule has 3 N–H and O–H groups in total. The molecule has 0 spiro atoms. The number of nitrogens with zero attached hydrogens (tertiary/aromatic N) is 4. The minimum atomic E-state index is -0.402. The fourth-order valence-corrected chi connectivity index (χ4v) is 3.35. The zero-order valence-electron chi connectivity index (χ0n) is 17.0. The number of halogens is 1. The third-order valence-corrected chi connectivity index (χ3v) is 4.98. The van der Waals surface area contributed by atoms with Crippen molar-refractivity contribution in [3.8, 4) is 11.8 Å². The van der Waals surface area contributed by atoms with Gasteiger partial charge in [-0.15, -0.1) is 0 Å². The number of amidine groups is 1. The second-order valence-electron chi connectivity index (χ2n) is 7.07. The summed E-state index contributed by atoms with van der Waals surface area (Å²) in [7, 11) is 1.84. The molecule has 0 radical (unpaired) electrons. The largest absolute Gasteiger partial charge is 0.352 e. The molecule has 3 heterocycles. The minimum absolute atomic E-state index is 0.276. The molecule has 1 aromatic heterocycles. The number of nitrogens with one attached hydrogen (secondary N) is 3. The average molecular weight is 409 g/mol. The van der Waals surface area contributed by atoms with Crippen LogP contribution in [0, 0.1) is 23.1 Å². The van der Waals surface area contributed by atoms with E-state index in [2.05, 4.69) is 34.2 Å². The van der Waals surface area contributed by atoms with Gasteiger partial charge in [0.2, 0.25) is 0 Å². The predicted octanol–water partition coefficient (Wildman–Crippen LogP) is 2.60. The summed E-state index contributed by atoms with van der Waals surface area (Å²) in [4.78, 5) is 7.22. The van der Waals surface area contributed by atoms with Crippen LogP contribution in [0.25, 0.3) is 0 Å². The van der Waals surface area contributed by atoms with Crippen LogP contribution in [0.15, 0.2) is 30.6 Å². The Morgan fingerprint density at radius 3 is 3.00 bits per heavy atom. The average Bonchev–Trinajstić information content (AvgIpc) is 3.39. The Morgan fingerprint density at radius 1 is 1.43 bits per heavy atom. The highest BCUT2D eigenvalue weighted by molar-refractivity contribution is 6.04. The highest BCUT2D eigenvalue weighted by atomic mass is 19.1. The van der Waals surface area contributed by atoms with Crippen molar-refractivity contribution in [2.45, 2.75) is 19.9 Å². The molecule has 0 unspecified atom stereocenters. The van der Waals surface area contributed by atoms with E-state index in [1.54, 1.807) is 26.8 Å². The van der Waals surface area contributed by atoms with Crippen molar-refractivity contribution in [3.05, 3.63) is 53.2 Å². The number of aromatic nitrogens is 2. The summed E-state index contributed by atoms with van der Waals surface area (Å²) in [5.41, 5.74) is 2.10. The van der Waals surface area contributed by atoms with Crippen LogP contribution >= 0.6 is 0 Å². The zero-order chi connectivity index (χ0) is 21.3. The topological polar surface area (TPSA) is 81.4 Å². The summed E-state index contributed by atoms with van der Waals surface area (Å²) in [6.45, 7) is 8.45. The van der Waals surface area contributed by atoms with Crippen molar-refractivity contribution in [1.82, 2.24) is 19.7 Å². The first kappa shape index (κ1) is 19.8. The van der Waals surface area contributed by atoms with Crippen molar-refractivity contribution >= 4 is 17.3 Å². The Bertz CT molecular complexity index is 1060. The van der Waals surface area contributed by atoms with E-state index < -0.39 is 5.82 Å². The quantitative estimate of drug-likeness (QED) is 0.674. The SMILES string of the molecule is C=C(Nc1cc(C#Cc2nn(CC)c3c2C(=N)N(C)CN3)ccc1F)N1CCCO1. The van der Waals surface area contributed by atoms with Crippen LogP contribution in [0.4, 0.5) is 15.9 Å². The van der Waals surface area contributed by atoms with Crippen molar-refractivity contribution in [1.29, 1.82) is 5.41 Å². The molecule has 0 aliphatic carbocycles. The summed E-state index contributed by atoms with van der Waals surface area (Å²) < 4.78 is 16.1. The second-order valence-corrected chi connectivity index (χ2v) is 7.07. The van der Waals surface area contributed by atoms with Crippen LogP contribution in [0.3, 0.4) is 0 Å². The Morgan fingerprint density at radius 2 is 2.27 bits per heavy atom. The summed E-state index contributed by atoms with van der Waals surface area (Å²) in [5, 5.41) is 20.8. The summed E-state index contributed by atoms with van der Waals surface area (Å²) in [5.74, 6) is 7.35. The minimum Gasteiger partial charge on any atom is -0.352 e. The smallest absolute Gasteiger partial charge is 0.148 e. The summed E-state index contributed by atoms with van der Waals surface area (Å²) >= 11 is 0. The molecule has 2 aromatic rings. The van der Waals surface area contributed by atoms with Gasteiger partial charge in [-0.2, -0.15) is 5.10 Å². The third-order valence-electron chi connectivity index (χ3n) is 4.98. The van der Waals surface area contributed by atoms with Gasteiger partial charge < -0.3 is 15.5 Å². The van der Waals surface area contributed by atoms with Crippen LogP contribution in [0.5, 0.6) is 0 Å². The lowest BCUT2D eigenvalue weighted by atomic mass is 10.1. The Labute approximate surface area is 174 Å². The lowest BCUT2D eigenvalue weighted by Crippen LogP contribution is -2.37. The Kier molecular flexibility index (Phi) is 5.33. The Hall–Kier alpha value is -3.51. The van der Waals surface area contributed by atoms with Crippen LogP contribution in [-0.4, -0.2) is 52.4 Å². The molecule has 30 heavy (non-hydrogen) atoms. The third kappa shape index (κ3) is 3.69. The molecular formula is C21H24FN7O. The van der Waals surface area contributed by atoms with Crippen molar-refractivity contribution in [2.75, 3.05) is 37.5 Å². The van der Waals surface area contributed by atoms with Crippen LogP contribution in [0.2, 0.25) is 0 Å². The second kappa shape index (κ2) is 8.08. The fourth-order valence-electron chi connectivity index (χ4n) is 3.35. The molecule has 4 rings (SSSR count). The normalized spacial score (nSPS) is 15.4. The molecule has 9 heteroatoms. The van der Waals surface area contributed by atoms with Crippen molar-refractivity contribution < 1.29 is 9.23 Å². The molecule has 0 amide bonds.